The van der Waals surface area contributed by atoms with Crippen LogP contribution in [-0.2, 0) is 0 Å². The molecule has 0 aliphatic carbocycles. The van der Waals surface area contributed by atoms with Crippen LogP contribution in [0.2, 0.25) is 0 Å². The maximum atomic E-state index is 6.50. The second-order valence-electron chi connectivity index (χ2n) is 5.49. The van der Waals surface area contributed by atoms with Crippen molar-refractivity contribution in [3.05, 3.63) is 65.7 Å². The molecule has 1 saturated heterocycles. The molecule has 2 aromatic carbocycles. The SMILES string of the molecule is N[C@H](c1ccccc1)c1ccccc1N1CCCCC1. The van der Waals surface area contributed by atoms with Gasteiger partial charge in [0.2, 0.25) is 0 Å². The van der Waals surface area contributed by atoms with Gasteiger partial charge in [0.05, 0.1) is 6.04 Å². The van der Waals surface area contributed by atoms with Gasteiger partial charge in [-0.3, -0.25) is 0 Å². The zero-order chi connectivity index (χ0) is 13.8. The molecule has 2 N–H and O–H groups in total. The van der Waals surface area contributed by atoms with Gasteiger partial charge in [0, 0.05) is 18.8 Å². The second kappa shape index (κ2) is 6.10. The third-order valence-corrected chi connectivity index (χ3v) is 4.13. The lowest BCUT2D eigenvalue weighted by atomic mass is 9.96. The number of rotatable bonds is 3. The van der Waals surface area contributed by atoms with Crippen LogP contribution in [0.15, 0.2) is 54.6 Å². The van der Waals surface area contributed by atoms with Crippen LogP contribution in [0.5, 0.6) is 0 Å². The standard InChI is InChI=1S/C18H22N2/c19-18(15-9-3-1-4-10-15)16-11-5-6-12-17(16)20-13-7-2-8-14-20/h1,3-6,9-12,18H,2,7-8,13-14,19H2/t18-/m1/s1. The van der Waals surface area contributed by atoms with E-state index < -0.39 is 0 Å². The fraction of sp³-hybridized carbons (Fsp3) is 0.333. The topological polar surface area (TPSA) is 29.3 Å². The van der Waals surface area contributed by atoms with E-state index in [4.69, 9.17) is 5.73 Å². The highest BCUT2D eigenvalue weighted by Crippen LogP contribution is 2.30. The van der Waals surface area contributed by atoms with Gasteiger partial charge >= 0.3 is 0 Å². The lowest BCUT2D eigenvalue weighted by Gasteiger charge is -2.32. The molecule has 3 rings (SSSR count). The van der Waals surface area contributed by atoms with E-state index in [1.54, 1.807) is 0 Å². The Morgan fingerprint density at radius 2 is 1.45 bits per heavy atom. The third kappa shape index (κ3) is 2.70. The Labute approximate surface area is 121 Å². The van der Waals surface area contributed by atoms with Gasteiger partial charge in [-0.25, -0.2) is 0 Å². The molecule has 2 nitrogen and oxygen atoms in total. The molecule has 2 aromatic rings. The summed E-state index contributed by atoms with van der Waals surface area (Å²) >= 11 is 0. The van der Waals surface area contributed by atoms with Gasteiger partial charge in [0.25, 0.3) is 0 Å². The highest BCUT2D eigenvalue weighted by Gasteiger charge is 2.18. The molecule has 0 spiro atoms. The number of piperidine rings is 1. The molecule has 0 unspecified atom stereocenters. The van der Waals surface area contributed by atoms with Gasteiger partial charge < -0.3 is 10.6 Å². The van der Waals surface area contributed by atoms with E-state index in [0.29, 0.717) is 0 Å². The Morgan fingerprint density at radius 1 is 0.800 bits per heavy atom. The van der Waals surface area contributed by atoms with Crippen molar-refractivity contribution in [2.24, 2.45) is 5.73 Å². The minimum atomic E-state index is -0.0469. The predicted octanol–water partition coefficient (Wildman–Crippen LogP) is 3.73. The fourth-order valence-electron chi connectivity index (χ4n) is 3.01. The number of benzene rings is 2. The molecular formula is C18H22N2. The van der Waals surface area contributed by atoms with Gasteiger partial charge in [0.15, 0.2) is 0 Å². The van der Waals surface area contributed by atoms with Crippen molar-refractivity contribution in [1.82, 2.24) is 0 Å². The Bertz CT molecular complexity index is 544. The summed E-state index contributed by atoms with van der Waals surface area (Å²) in [5.74, 6) is 0. The molecule has 1 aliphatic heterocycles. The maximum absolute atomic E-state index is 6.50. The van der Waals surface area contributed by atoms with E-state index in [0.717, 1.165) is 13.1 Å². The van der Waals surface area contributed by atoms with E-state index in [1.807, 2.05) is 6.07 Å². The lowest BCUT2D eigenvalue weighted by Crippen LogP contribution is -2.31. The maximum Gasteiger partial charge on any atom is 0.0572 e. The fourth-order valence-corrected chi connectivity index (χ4v) is 3.01. The summed E-state index contributed by atoms with van der Waals surface area (Å²) in [6, 6.07) is 18.9. The average Bonchev–Trinajstić information content (AvgIpc) is 2.56. The Morgan fingerprint density at radius 3 is 2.20 bits per heavy atom. The third-order valence-electron chi connectivity index (χ3n) is 4.13. The number of anilines is 1. The van der Waals surface area contributed by atoms with Crippen LogP contribution in [-0.4, -0.2) is 13.1 Å². The van der Waals surface area contributed by atoms with Crippen molar-refractivity contribution in [3.8, 4) is 0 Å². The van der Waals surface area contributed by atoms with Crippen molar-refractivity contribution in [2.45, 2.75) is 25.3 Å². The highest BCUT2D eigenvalue weighted by atomic mass is 15.1. The number of nitrogens with two attached hydrogens (primary N) is 1. The van der Waals surface area contributed by atoms with Crippen molar-refractivity contribution in [2.75, 3.05) is 18.0 Å². The monoisotopic (exact) mass is 266 g/mol. The van der Waals surface area contributed by atoms with Crippen LogP contribution >= 0.6 is 0 Å². The predicted molar refractivity (Wildman–Crippen MR) is 85.0 cm³/mol. The number of para-hydroxylation sites is 1. The molecule has 0 saturated carbocycles. The summed E-state index contributed by atoms with van der Waals surface area (Å²) in [6.45, 7) is 2.30. The molecule has 1 atom stereocenters. The summed E-state index contributed by atoms with van der Waals surface area (Å²) < 4.78 is 0. The first-order valence-corrected chi connectivity index (χ1v) is 7.50. The molecule has 1 heterocycles. The Hall–Kier alpha value is -1.80. The van der Waals surface area contributed by atoms with Gasteiger partial charge in [-0.05, 0) is 36.5 Å². The van der Waals surface area contributed by atoms with Crippen molar-refractivity contribution < 1.29 is 0 Å². The van der Waals surface area contributed by atoms with Crippen LogP contribution in [0, 0.1) is 0 Å². The van der Waals surface area contributed by atoms with Crippen LogP contribution in [0.25, 0.3) is 0 Å². The molecule has 0 radical (unpaired) electrons. The van der Waals surface area contributed by atoms with Crippen LogP contribution in [0.3, 0.4) is 0 Å². The second-order valence-corrected chi connectivity index (χ2v) is 5.49. The molecule has 2 heteroatoms. The molecule has 1 fully saturated rings. The largest absolute Gasteiger partial charge is 0.371 e. The van der Waals surface area contributed by atoms with E-state index in [9.17, 15) is 0 Å². The van der Waals surface area contributed by atoms with E-state index in [2.05, 4.69) is 53.4 Å². The van der Waals surface area contributed by atoms with Crippen molar-refractivity contribution in [1.29, 1.82) is 0 Å². The summed E-state index contributed by atoms with van der Waals surface area (Å²) in [4.78, 5) is 2.49. The van der Waals surface area contributed by atoms with Gasteiger partial charge in [-0.15, -0.1) is 0 Å². The number of nitrogens with zero attached hydrogens (tertiary/aromatic N) is 1. The average molecular weight is 266 g/mol. The first kappa shape index (κ1) is 13.2. The minimum Gasteiger partial charge on any atom is -0.371 e. The van der Waals surface area contributed by atoms with Crippen LogP contribution < -0.4 is 10.6 Å². The Balaban J connectivity index is 1.93. The summed E-state index contributed by atoms with van der Waals surface area (Å²) in [7, 11) is 0. The number of hydrogen-bond acceptors (Lipinski definition) is 2. The van der Waals surface area contributed by atoms with Gasteiger partial charge in [0.1, 0.15) is 0 Å². The number of hydrogen-bond donors (Lipinski definition) is 1. The first-order valence-electron chi connectivity index (χ1n) is 7.50. The minimum absolute atomic E-state index is 0.0469. The first-order chi connectivity index (χ1) is 9.86. The van der Waals surface area contributed by atoms with Crippen LogP contribution in [0.4, 0.5) is 5.69 Å². The normalized spacial score (nSPS) is 16.9. The lowest BCUT2D eigenvalue weighted by molar-refractivity contribution is 0.575. The van der Waals surface area contributed by atoms with E-state index in [1.165, 1.54) is 36.1 Å². The zero-order valence-corrected chi connectivity index (χ0v) is 11.8. The molecule has 0 bridgehead atoms. The highest BCUT2D eigenvalue weighted by molar-refractivity contribution is 5.57. The van der Waals surface area contributed by atoms with Crippen molar-refractivity contribution >= 4 is 5.69 Å². The quantitative estimate of drug-likeness (QED) is 0.917. The van der Waals surface area contributed by atoms with Crippen LogP contribution in [0.1, 0.15) is 36.4 Å². The smallest absolute Gasteiger partial charge is 0.0572 e. The zero-order valence-electron chi connectivity index (χ0n) is 11.8. The van der Waals surface area contributed by atoms with E-state index >= 15 is 0 Å². The summed E-state index contributed by atoms with van der Waals surface area (Å²) in [6.07, 6.45) is 3.92. The molecule has 104 valence electrons. The Kier molecular flexibility index (Phi) is 4.03. The van der Waals surface area contributed by atoms with Gasteiger partial charge in [-0.1, -0.05) is 48.5 Å². The summed E-state index contributed by atoms with van der Waals surface area (Å²) in [5.41, 5.74) is 10.2. The molecule has 20 heavy (non-hydrogen) atoms. The van der Waals surface area contributed by atoms with Crippen molar-refractivity contribution in [3.63, 3.8) is 0 Å². The molecule has 0 amide bonds. The molecule has 1 aliphatic rings. The summed E-state index contributed by atoms with van der Waals surface area (Å²) in [5, 5.41) is 0. The molecule has 0 aromatic heterocycles. The van der Waals surface area contributed by atoms with Gasteiger partial charge in [-0.2, -0.15) is 0 Å². The molecular weight excluding hydrogens is 244 g/mol. The van der Waals surface area contributed by atoms with E-state index in [-0.39, 0.29) is 6.04 Å².